The summed E-state index contributed by atoms with van der Waals surface area (Å²) in [5.74, 6) is -1.30. The summed E-state index contributed by atoms with van der Waals surface area (Å²) in [6.07, 6.45) is 0.277. The van der Waals surface area contributed by atoms with Crippen molar-refractivity contribution in [1.29, 1.82) is 5.26 Å². The van der Waals surface area contributed by atoms with Crippen LogP contribution < -0.4 is 10.6 Å². The molecule has 0 spiro atoms. The lowest BCUT2D eigenvalue weighted by Gasteiger charge is -2.23. The summed E-state index contributed by atoms with van der Waals surface area (Å²) >= 11 is 0. The van der Waals surface area contributed by atoms with Crippen molar-refractivity contribution in [3.63, 3.8) is 0 Å². The number of amides is 2. The first-order chi connectivity index (χ1) is 10.1. The Labute approximate surface area is 119 Å². The molecule has 2 bridgehead atoms. The van der Waals surface area contributed by atoms with Gasteiger partial charge in [-0.15, -0.1) is 0 Å². The molecule has 1 saturated heterocycles. The van der Waals surface area contributed by atoms with Crippen molar-refractivity contribution in [2.75, 3.05) is 0 Å². The molecule has 0 aromatic heterocycles. The summed E-state index contributed by atoms with van der Waals surface area (Å²) in [5.41, 5.74) is 0.0228. The predicted octanol–water partition coefficient (Wildman–Crippen LogP) is 1.07. The van der Waals surface area contributed by atoms with Crippen LogP contribution in [0.15, 0.2) is 18.2 Å². The lowest BCUT2D eigenvalue weighted by molar-refractivity contribution is 0.0658. The number of carbonyl (C=O) groups is 2. The molecule has 1 aromatic carbocycles. The molecule has 0 radical (unpaired) electrons. The van der Waals surface area contributed by atoms with Gasteiger partial charge in [0, 0.05) is 12.5 Å². The Balaban J connectivity index is 1.75. The van der Waals surface area contributed by atoms with Crippen molar-refractivity contribution in [1.82, 2.24) is 10.6 Å². The fourth-order valence-corrected chi connectivity index (χ4v) is 2.75. The molecule has 2 fully saturated rings. The molecule has 6 nitrogen and oxygen atoms in total. The van der Waals surface area contributed by atoms with Crippen molar-refractivity contribution >= 4 is 12.0 Å². The van der Waals surface area contributed by atoms with E-state index < -0.39 is 23.9 Å². The molecule has 3 rings (SSSR count). The number of rotatable bonds is 2. The fourth-order valence-electron chi connectivity index (χ4n) is 2.75. The number of halogens is 1. The van der Waals surface area contributed by atoms with Crippen LogP contribution in [-0.4, -0.2) is 30.2 Å². The summed E-state index contributed by atoms with van der Waals surface area (Å²) in [6, 6.07) is 5.07. The zero-order valence-electron chi connectivity index (χ0n) is 10.9. The fraction of sp³-hybridized carbons (Fsp3) is 0.357. The van der Waals surface area contributed by atoms with E-state index in [2.05, 4.69) is 10.6 Å². The smallest absolute Gasteiger partial charge is 0.407 e. The highest BCUT2D eigenvalue weighted by atomic mass is 19.1. The molecule has 7 heteroatoms. The van der Waals surface area contributed by atoms with E-state index in [1.165, 1.54) is 12.1 Å². The quantitative estimate of drug-likeness (QED) is 0.852. The summed E-state index contributed by atoms with van der Waals surface area (Å²) in [5, 5.41) is 14.1. The van der Waals surface area contributed by atoms with E-state index in [1.54, 1.807) is 0 Å². The van der Waals surface area contributed by atoms with Crippen LogP contribution in [0.5, 0.6) is 0 Å². The molecular weight excluding hydrogens is 277 g/mol. The lowest BCUT2D eigenvalue weighted by Crippen LogP contribution is -2.44. The molecule has 2 amide bonds. The lowest BCUT2D eigenvalue weighted by atomic mass is 10.1. The molecule has 2 N–H and O–H groups in total. The maximum Gasteiger partial charge on any atom is 0.407 e. The number of nitriles is 1. The van der Waals surface area contributed by atoms with Crippen molar-refractivity contribution in [3.05, 3.63) is 35.1 Å². The van der Waals surface area contributed by atoms with Crippen LogP contribution in [0.1, 0.15) is 28.8 Å². The molecule has 1 aliphatic heterocycles. The number of hydrogen-bond acceptors (Lipinski definition) is 4. The summed E-state index contributed by atoms with van der Waals surface area (Å²) in [7, 11) is 0. The normalized spacial score (nSPS) is 26.5. The van der Waals surface area contributed by atoms with E-state index in [0.29, 0.717) is 12.8 Å². The molecule has 2 aliphatic rings. The minimum Gasteiger partial charge on any atom is -0.444 e. The van der Waals surface area contributed by atoms with Crippen molar-refractivity contribution < 1.29 is 18.7 Å². The van der Waals surface area contributed by atoms with Gasteiger partial charge in [0.1, 0.15) is 11.9 Å². The number of hydrogen-bond donors (Lipinski definition) is 2. The van der Waals surface area contributed by atoms with Crippen LogP contribution >= 0.6 is 0 Å². The van der Waals surface area contributed by atoms with Gasteiger partial charge in [0.2, 0.25) is 0 Å². The zero-order chi connectivity index (χ0) is 15.0. The SMILES string of the molecule is N#Cc1ccc(F)c(C(=O)N[C@@H]2C[C@@H]3C[C@H]2OC(=O)N3)c1. The summed E-state index contributed by atoms with van der Waals surface area (Å²) in [6.45, 7) is 0. The van der Waals surface area contributed by atoms with Gasteiger partial charge < -0.3 is 15.4 Å². The standard InChI is InChI=1S/C14H12FN3O3/c15-10-2-1-7(6-16)3-9(10)13(19)18-11-4-8-5-12(11)21-14(20)17-8/h1-3,8,11-12H,4-5H2,(H,17,20)(H,18,19)/t8-,11-,12-/m1/s1. The molecule has 1 aliphatic carbocycles. The minimum absolute atomic E-state index is 0.0307. The average molecular weight is 289 g/mol. The first kappa shape index (κ1) is 13.4. The van der Waals surface area contributed by atoms with E-state index in [0.717, 1.165) is 6.07 Å². The number of benzene rings is 1. The zero-order valence-corrected chi connectivity index (χ0v) is 10.9. The van der Waals surface area contributed by atoms with Crippen LogP contribution in [0.25, 0.3) is 0 Å². The largest absolute Gasteiger partial charge is 0.444 e. The maximum atomic E-state index is 13.7. The molecule has 3 atom stereocenters. The number of fused-ring (bicyclic) bond motifs is 2. The van der Waals surface area contributed by atoms with Gasteiger partial charge in [0.05, 0.1) is 23.2 Å². The van der Waals surface area contributed by atoms with E-state index in [-0.39, 0.29) is 23.2 Å². The molecule has 21 heavy (non-hydrogen) atoms. The second-order valence-corrected chi connectivity index (χ2v) is 5.14. The Kier molecular flexibility index (Phi) is 3.22. The number of carbonyl (C=O) groups excluding carboxylic acids is 2. The van der Waals surface area contributed by atoms with Gasteiger partial charge in [0.15, 0.2) is 0 Å². The van der Waals surface area contributed by atoms with Crippen molar-refractivity contribution in [2.45, 2.75) is 31.0 Å². The van der Waals surface area contributed by atoms with Crippen LogP contribution in [0.4, 0.5) is 9.18 Å². The Morgan fingerprint density at radius 3 is 3.05 bits per heavy atom. The van der Waals surface area contributed by atoms with Crippen LogP contribution in [-0.2, 0) is 4.74 Å². The number of nitrogens with one attached hydrogen (secondary N) is 2. The number of nitrogens with zero attached hydrogens (tertiary/aromatic N) is 1. The van der Waals surface area contributed by atoms with Crippen LogP contribution in [0.2, 0.25) is 0 Å². The van der Waals surface area contributed by atoms with Crippen LogP contribution in [0, 0.1) is 17.1 Å². The molecular formula is C14H12FN3O3. The third-order valence-corrected chi connectivity index (χ3v) is 3.74. The Hall–Kier alpha value is -2.62. The number of alkyl carbamates (subject to hydrolysis) is 1. The second-order valence-electron chi connectivity index (χ2n) is 5.14. The Bertz CT molecular complexity index is 655. The highest BCUT2D eigenvalue weighted by molar-refractivity contribution is 5.95. The van der Waals surface area contributed by atoms with E-state index in [9.17, 15) is 14.0 Å². The maximum absolute atomic E-state index is 13.7. The van der Waals surface area contributed by atoms with E-state index in [1.807, 2.05) is 6.07 Å². The average Bonchev–Trinajstić information content (AvgIpc) is 2.73. The molecule has 108 valence electrons. The minimum atomic E-state index is -0.692. The van der Waals surface area contributed by atoms with E-state index in [4.69, 9.17) is 10.00 Å². The van der Waals surface area contributed by atoms with Gasteiger partial charge >= 0.3 is 6.09 Å². The topological polar surface area (TPSA) is 91.2 Å². The van der Waals surface area contributed by atoms with Crippen LogP contribution in [0.3, 0.4) is 0 Å². The van der Waals surface area contributed by atoms with Gasteiger partial charge in [-0.25, -0.2) is 9.18 Å². The third kappa shape index (κ3) is 2.52. The molecule has 0 unspecified atom stereocenters. The highest BCUT2D eigenvalue weighted by Gasteiger charge is 2.42. The number of ether oxygens (including phenoxy) is 1. The highest BCUT2D eigenvalue weighted by Crippen LogP contribution is 2.27. The predicted molar refractivity (Wildman–Crippen MR) is 68.8 cm³/mol. The summed E-state index contributed by atoms with van der Waals surface area (Å²) < 4.78 is 18.8. The van der Waals surface area contributed by atoms with E-state index >= 15 is 0 Å². The summed E-state index contributed by atoms with van der Waals surface area (Å²) in [4.78, 5) is 23.4. The molecule has 1 aromatic rings. The first-order valence-electron chi connectivity index (χ1n) is 6.54. The van der Waals surface area contributed by atoms with Crippen molar-refractivity contribution in [2.24, 2.45) is 0 Å². The van der Waals surface area contributed by atoms with Gasteiger partial charge in [-0.3, -0.25) is 4.79 Å². The Morgan fingerprint density at radius 1 is 1.48 bits per heavy atom. The third-order valence-electron chi connectivity index (χ3n) is 3.74. The molecule has 1 heterocycles. The van der Waals surface area contributed by atoms with Gasteiger partial charge in [-0.1, -0.05) is 0 Å². The van der Waals surface area contributed by atoms with Gasteiger partial charge in [-0.2, -0.15) is 5.26 Å². The first-order valence-corrected chi connectivity index (χ1v) is 6.54. The second kappa shape index (κ2) is 5.05. The Morgan fingerprint density at radius 2 is 2.29 bits per heavy atom. The van der Waals surface area contributed by atoms with Gasteiger partial charge in [0.25, 0.3) is 5.91 Å². The monoisotopic (exact) mass is 289 g/mol. The molecule has 1 saturated carbocycles. The van der Waals surface area contributed by atoms with Gasteiger partial charge in [-0.05, 0) is 24.6 Å². The van der Waals surface area contributed by atoms with Crippen molar-refractivity contribution in [3.8, 4) is 6.07 Å².